The molecular weight excluding hydrogens is 280 g/mol. The van der Waals surface area contributed by atoms with Gasteiger partial charge in [0.1, 0.15) is 5.54 Å². The molecule has 1 heterocycles. The lowest BCUT2D eigenvalue weighted by Gasteiger charge is -2.31. The van der Waals surface area contributed by atoms with E-state index in [0.29, 0.717) is 5.25 Å². The number of hydrogen-bond acceptors (Lipinski definition) is 4. The van der Waals surface area contributed by atoms with Gasteiger partial charge in [0.15, 0.2) is 0 Å². The molecule has 1 aliphatic heterocycles. The first-order valence-electron chi connectivity index (χ1n) is 7.55. The first kappa shape index (κ1) is 16.4. The van der Waals surface area contributed by atoms with E-state index in [4.69, 9.17) is 4.74 Å². The summed E-state index contributed by atoms with van der Waals surface area (Å²) >= 11 is 1.85. The monoisotopic (exact) mass is 304 g/mol. The Hall–Kier alpha value is -1.02. The van der Waals surface area contributed by atoms with Crippen LogP contribution in [-0.2, 0) is 10.3 Å². The molecule has 1 aromatic rings. The zero-order valence-corrected chi connectivity index (χ0v) is 13.8. The molecule has 0 radical (unpaired) electrons. The molecule has 3 atom stereocenters. The number of rotatable bonds is 6. The van der Waals surface area contributed by atoms with Crippen LogP contribution in [0.25, 0.3) is 0 Å². The number of nitriles is 1. The standard InChI is InChI=1S/C17H24N2OS/c1-13(2)19-17(11-18,15-7-5-4-6-8-15)12-21-16-9-10-20-14(16)3/h4-8,13-14,16,19H,9-10,12H2,1-3H3. The highest BCUT2D eigenvalue weighted by molar-refractivity contribution is 8.00. The summed E-state index contributed by atoms with van der Waals surface area (Å²) in [5.41, 5.74) is 0.405. The maximum Gasteiger partial charge on any atom is 0.141 e. The first-order valence-corrected chi connectivity index (χ1v) is 8.60. The Kier molecular flexibility index (Phi) is 5.69. The van der Waals surface area contributed by atoms with E-state index in [1.807, 2.05) is 42.1 Å². The summed E-state index contributed by atoms with van der Waals surface area (Å²) in [5, 5.41) is 13.8. The van der Waals surface area contributed by atoms with Crippen LogP contribution in [0.2, 0.25) is 0 Å². The van der Waals surface area contributed by atoms with E-state index in [0.717, 1.165) is 24.3 Å². The van der Waals surface area contributed by atoms with Crippen LogP contribution < -0.4 is 5.32 Å². The molecule has 1 saturated heterocycles. The molecule has 21 heavy (non-hydrogen) atoms. The van der Waals surface area contributed by atoms with Gasteiger partial charge in [-0.3, -0.25) is 5.32 Å². The van der Waals surface area contributed by atoms with Crippen LogP contribution >= 0.6 is 11.8 Å². The van der Waals surface area contributed by atoms with Crippen LogP contribution in [0.3, 0.4) is 0 Å². The molecule has 4 heteroatoms. The van der Waals surface area contributed by atoms with Crippen LogP contribution in [0.1, 0.15) is 32.8 Å². The average molecular weight is 304 g/mol. The van der Waals surface area contributed by atoms with Crippen molar-refractivity contribution in [2.45, 2.75) is 50.1 Å². The molecule has 0 aromatic heterocycles. The van der Waals surface area contributed by atoms with E-state index >= 15 is 0 Å². The molecule has 0 saturated carbocycles. The number of benzene rings is 1. The fourth-order valence-corrected chi connectivity index (χ4v) is 4.11. The van der Waals surface area contributed by atoms with E-state index < -0.39 is 5.54 Å². The molecule has 1 aromatic carbocycles. The Bertz CT molecular complexity index is 485. The van der Waals surface area contributed by atoms with Gasteiger partial charge in [0.05, 0.1) is 12.2 Å². The third-order valence-electron chi connectivity index (χ3n) is 3.81. The second kappa shape index (κ2) is 7.31. The third kappa shape index (κ3) is 4.00. The maximum atomic E-state index is 9.86. The van der Waals surface area contributed by atoms with Crippen LogP contribution in [0, 0.1) is 11.3 Å². The lowest BCUT2D eigenvalue weighted by Crippen LogP contribution is -2.47. The average Bonchev–Trinajstić information content (AvgIpc) is 2.89. The second-order valence-electron chi connectivity index (χ2n) is 5.90. The summed E-state index contributed by atoms with van der Waals surface area (Å²) < 4.78 is 5.63. The Morgan fingerprint density at radius 3 is 2.67 bits per heavy atom. The van der Waals surface area contributed by atoms with Crippen LogP contribution in [0.4, 0.5) is 0 Å². The van der Waals surface area contributed by atoms with Crippen LogP contribution in [-0.4, -0.2) is 29.8 Å². The summed E-state index contributed by atoms with van der Waals surface area (Å²) in [5.74, 6) is 0.740. The predicted molar refractivity (Wildman–Crippen MR) is 88.3 cm³/mol. The van der Waals surface area contributed by atoms with E-state index in [2.05, 4.69) is 32.2 Å². The molecule has 3 nitrogen and oxygen atoms in total. The largest absolute Gasteiger partial charge is 0.377 e. The second-order valence-corrected chi connectivity index (χ2v) is 7.12. The van der Waals surface area contributed by atoms with Crippen LogP contribution in [0.15, 0.2) is 30.3 Å². The maximum absolute atomic E-state index is 9.86. The normalized spacial score (nSPS) is 24.7. The zero-order valence-electron chi connectivity index (χ0n) is 13.0. The number of thioether (sulfide) groups is 1. The third-order valence-corrected chi connectivity index (χ3v) is 5.46. The Balaban J connectivity index is 2.17. The van der Waals surface area contributed by atoms with Crippen molar-refractivity contribution in [2.75, 3.05) is 12.4 Å². The number of ether oxygens (including phenoxy) is 1. The highest BCUT2D eigenvalue weighted by Gasteiger charge is 2.35. The van der Waals surface area contributed by atoms with Gasteiger partial charge in [0.2, 0.25) is 0 Å². The Labute approximate surface area is 132 Å². The SMILES string of the molecule is CC(C)NC(C#N)(CSC1CCOC1C)c1ccccc1. The van der Waals surface area contributed by atoms with E-state index in [-0.39, 0.29) is 12.1 Å². The van der Waals surface area contributed by atoms with Crippen molar-refractivity contribution in [3.8, 4) is 6.07 Å². The van der Waals surface area contributed by atoms with Gasteiger partial charge in [-0.15, -0.1) is 0 Å². The van der Waals surface area contributed by atoms with Crippen LogP contribution in [0.5, 0.6) is 0 Å². The molecule has 0 bridgehead atoms. The molecule has 1 aliphatic rings. The summed E-state index contributed by atoms with van der Waals surface area (Å²) in [6, 6.07) is 12.8. The minimum Gasteiger partial charge on any atom is -0.377 e. The summed E-state index contributed by atoms with van der Waals surface area (Å²) in [6.07, 6.45) is 1.35. The van der Waals surface area contributed by atoms with Gasteiger partial charge in [-0.1, -0.05) is 30.3 Å². The smallest absolute Gasteiger partial charge is 0.141 e. The topological polar surface area (TPSA) is 45.0 Å². The summed E-state index contributed by atoms with van der Waals surface area (Å²) in [4.78, 5) is 0. The molecule has 1 N–H and O–H groups in total. The Morgan fingerprint density at radius 1 is 1.43 bits per heavy atom. The van der Waals surface area contributed by atoms with Crippen molar-refractivity contribution >= 4 is 11.8 Å². The van der Waals surface area contributed by atoms with Crippen molar-refractivity contribution in [1.29, 1.82) is 5.26 Å². The van der Waals surface area contributed by atoms with Crippen molar-refractivity contribution in [2.24, 2.45) is 0 Å². The van der Waals surface area contributed by atoms with Crippen molar-refractivity contribution in [3.05, 3.63) is 35.9 Å². The van der Waals surface area contributed by atoms with Crippen molar-refractivity contribution in [3.63, 3.8) is 0 Å². The minimum atomic E-state index is -0.637. The van der Waals surface area contributed by atoms with Crippen molar-refractivity contribution in [1.82, 2.24) is 5.32 Å². The van der Waals surface area contributed by atoms with Crippen molar-refractivity contribution < 1.29 is 4.74 Å². The van der Waals surface area contributed by atoms with Gasteiger partial charge >= 0.3 is 0 Å². The van der Waals surface area contributed by atoms with E-state index in [1.165, 1.54) is 0 Å². The van der Waals surface area contributed by atoms with Gasteiger partial charge in [0.25, 0.3) is 0 Å². The molecule has 2 rings (SSSR count). The number of nitrogens with zero attached hydrogens (tertiary/aromatic N) is 1. The van der Waals surface area contributed by atoms with Gasteiger partial charge in [-0.2, -0.15) is 17.0 Å². The molecule has 0 amide bonds. The fraction of sp³-hybridized carbons (Fsp3) is 0.588. The highest BCUT2D eigenvalue weighted by Crippen LogP contribution is 2.33. The molecular formula is C17H24N2OS. The molecule has 3 unspecified atom stereocenters. The molecule has 0 aliphatic carbocycles. The number of nitrogens with one attached hydrogen (secondary N) is 1. The lowest BCUT2D eigenvalue weighted by molar-refractivity contribution is 0.127. The van der Waals surface area contributed by atoms with Gasteiger partial charge in [0, 0.05) is 23.7 Å². The Morgan fingerprint density at radius 2 is 2.14 bits per heavy atom. The zero-order chi connectivity index (χ0) is 15.3. The van der Waals surface area contributed by atoms with Gasteiger partial charge in [-0.05, 0) is 32.8 Å². The van der Waals surface area contributed by atoms with E-state index in [9.17, 15) is 5.26 Å². The summed E-state index contributed by atoms with van der Waals surface area (Å²) in [7, 11) is 0. The predicted octanol–water partition coefficient (Wildman–Crippen LogP) is 3.31. The minimum absolute atomic E-state index is 0.253. The highest BCUT2D eigenvalue weighted by atomic mass is 32.2. The molecule has 0 spiro atoms. The first-order chi connectivity index (χ1) is 10.1. The summed E-state index contributed by atoms with van der Waals surface area (Å²) in [6.45, 7) is 7.13. The lowest BCUT2D eigenvalue weighted by atomic mass is 9.92. The molecule has 1 fully saturated rings. The number of hydrogen-bond donors (Lipinski definition) is 1. The fourth-order valence-electron chi connectivity index (χ4n) is 2.72. The van der Waals surface area contributed by atoms with E-state index in [1.54, 1.807) is 0 Å². The van der Waals surface area contributed by atoms with Gasteiger partial charge < -0.3 is 4.74 Å². The van der Waals surface area contributed by atoms with Gasteiger partial charge in [-0.25, -0.2) is 0 Å². The molecule has 114 valence electrons. The quantitative estimate of drug-likeness (QED) is 0.876.